The first-order valence-corrected chi connectivity index (χ1v) is 8.20. The van der Waals surface area contributed by atoms with Crippen molar-refractivity contribution in [3.63, 3.8) is 0 Å². The number of hydrogen-bond donors (Lipinski definition) is 4. The van der Waals surface area contributed by atoms with Crippen molar-refractivity contribution in [2.45, 2.75) is 36.3 Å². The number of nitrogens with zero attached hydrogens (tertiary/aromatic N) is 1. The Hall–Kier alpha value is 0.906. The van der Waals surface area contributed by atoms with Crippen molar-refractivity contribution in [2.24, 2.45) is 5.16 Å². The third-order valence-electron chi connectivity index (χ3n) is 2.65. The zero-order chi connectivity index (χ0) is 16.9. The Morgan fingerprint density at radius 1 is 1.35 bits per heavy atom. The predicted octanol–water partition coefficient (Wildman–Crippen LogP) is -5.11. The fourth-order valence-corrected chi connectivity index (χ4v) is 2.91. The van der Waals surface area contributed by atoms with Crippen molar-refractivity contribution in [1.29, 1.82) is 0 Å². The number of thioether (sulfide) groups is 1. The van der Waals surface area contributed by atoms with Gasteiger partial charge in [-0.15, -0.1) is 6.58 Å². The molecule has 1 fully saturated rings. The van der Waals surface area contributed by atoms with Gasteiger partial charge in [-0.2, -0.15) is 8.42 Å². The van der Waals surface area contributed by atoms with E-state index in [0.717, 1.165) is 0 Å². The van der Waals surface area contributed by atoms with Gasteiger partial charge in [-0.25, -0.2) is 0 Å². The van der Waals surface area contributed by atoms with Gasteiger partial charge >= 0.3 is 51.4 Å². The van der Waals surface area contributed by atoms with E-state index in [0.29, 0.717) is 11.8 Å². The largest absolute Gasteiger partial charge is 1.00 e. The van der Waals surface area contributed by atoms with E-state index >= 15 is 0 Å². The summed E-state index contributed by atoms with van der Waals surface area (Å²) in [4.78, 5) is 0. The van der Waals surface area contributed by atoms with Crippen LogP contribution in [0.25, 0.3) is 0 Å². The van der Waals surface area contributed by atoms with Gasteiger partial charge in [-0.05, 0) is 0 Å². The first kappa shape index (κ1) is 23.9. The van der Waals surface area contributed by atoms with Gasteiger partial charge in [-0.3, -0.25) is 4.28 Å². The van der Waals surface area contributed by atoms with E-state index in [1.807, 2.05) is 0 Å². The molecule has 0 aromatic rings. The molecule has 0 aliphatic carbocycles. The van der Waals surface area contributed by atoms with Gasteiger partial charge in [0.15, 0.2) is 0 Å². The van der Waals surface area contributed by atoms with Crippen molar-refractivity contribution in [2.75, 3.05) is 6.61 Å². The summed E-state index contributed by atoms with van der Waals surface area (Å²) >= 11 is 0.660. The first-order valence-electron chi connectivity index (χ1n) is 5.99. The first-order chi connectivity index (χ1) is 10.2. The third-order valence-corrected chi connectivity index (χ3v) is 4.04. The average Bonchev–Trinajstić information content (AvgIpc) is 2.44. The predicted molar refractivity (Wildman–Crippen MR) is 74.4 cm³/mol. The molecule has 0 radical (unpaired) electrons. The maximum atomic E-state index is 10.4. The molecule has 0 unspecified atom stereocenters. The van der Waals surface area contributed by atoms with Gasteiger partial charge in [0.1, 0.15) is 34.9 Å². The normalized spacial score (nSPS) is 32.0. The van der Waals surface area contributed by atoms with Gasteiger partial charge in [0.05, 0.1) is 6.61 Å². The zero-order valence-electron chi connectivity index (χ0n) is 12.2. The number of oxime groups is 1. The fraction of sp³-hybridized carbons (Fsp3) is 0.700. The number of aliphatic hydroxyl groups excluding tert-OH is 4. The molecule has 1 saturated heterocycles. The molecule has 1 aliphatic rings. The molecular weight excluding hydrogens is 381 g/mol. The van der Waals surface area contributed by atoms with Crippen LogP contribution in [0.1, 0.15) is 6.42 Å². The third kappa shape index (κ3) is 7.77. The molecule has 1 aliphatic heterocycles. The van der Waals surface area contributed by atoms with Crippen molar-refractivity contribution >= 4 is 27.2 Å². The van der Waals surface area contributed by atoms with Crippen molar-refractivity contribution in [3.05, 3.63) is 12.7 Å². The standard InChI is InChI=1S/C10H17NO9S2.K/c1-2-3-6(11-20-22(16,17)18)21-10-9(15)8(14)7(13)5(4-12)19-10;/h2,5,7-10,12-15H,1,3-4H2,(H,16,17,18);/q;+1/p-1/b11-6+;/t5-,7-,8+,9-,10+;/m1./s1. The number of rotatable bonds is 6. The van der Waals surface area contributed by atoms with E-state index in [1.54, 1.807) is 0 Å². The van der Waals surface area contributed by atoms with E-state index in [2.05, 4.69) is 16.0 Å². The molecule has 0 bridgehead atoms. The molecular formula is C10H16KNO9S2. The topological polar surface area (TPSA) is 169 Å². The van der Waals surface area contributed by atoms with Crippen LogP contribution in [-0.2, 0) is 19.4 Å². The second-order valence-corrected chi connectivity index (χ2v) is 6.41. The van der Waals surface area contributed by atoms with Crippen LogP contribution >= 0.6 is 11.8 Å². The van der Waals surface area contributed by atoms with Gasteiger partial charge in [0, 0.05) is 6.42 Å². The molecule has 13 heteroatoms. The quantitative estimate of drug-likeness (QED) is 0.0647. The van der Waals surface area contributed by atoms with E-state index in [4.69, 9.17) is 9.84 Å². The molecule has 0 aromatic carbocycles. The molecule has 5 atom stereocenters. The van der Waals surface area contributed by atoms with Crippen LogP contribution in [0.3, 0.4) is 0 Å². The van der Waals surface area contributed by atoms with E-state index in [-0.39, 0.29) is 62.8 Å². The maximum absolute atomic E-state index is 10.4. The minimum Gasteiger partial charge on any atom is -0.714 e. The van der Waals surface area contributed by atoms with Crippen LogP contribution in [0.2, 0.25) is 0 Å². The number of aliphatic hydroxyl groups is 4. The summed E-state index contributed by atoms with van der Waals surface area (Å²) in [6.07, 6.45) is -4.44. The van der Waals surface area contributed by atoms with Crippen molar-refractivity contribution < 1.29 is 93.8 Å². The van der Waals surface area contributed by atoms with Crippen molar-refractivity contribution in [3.8, 4) is 0 Å². The number of ether oxygens (including phenoxy) is 1. The Kier molecular flexibility index (Phi) is 11.2. The van der Waals surface area contributed by atoms with Gasteiger partial charge in [0.25, 0.3) is 10.4 Å². The minimum absolute atomic E-state index is 0. The van der Waals surface area contributed by atoms with Crippen LogP contribution in [0, 0.1) is 0 Å². The molecule has 0 saturated carbocycles. The summed E-state index contributed by atoms with van der Waals surface area (Å²) in [5, 5.41) is 41.2. The van der Waals surface area contributed by atoms with Crippen LogP contribution < -0.4 is 51.4 Å². The molecule has 0 spiro atoms. The van der Waals surface area contributed by atoms with Crippen LogP contribution in [0.15, 0.2) is 17.8 Å². The summed E-state index contributed by atoms with van der Waals surface area (Å²) in [5.74, 6) is 0. The summed E-state index contributed by atoms with van der Waals surface area (Å²) in [5.41, 5.74) is -1.17. The summed E-state index contributed by atoms with van der Waals surface area (Å²) in [7, 11) is -5.04. The Morgan fingerprint density at radius 2 is 1.96 bits per heavy atom. The Morgan fingerprint density at radius 3 is 2.43 bits per heavy atom. The Labute approximate surface area is 179 Å². The maximum Gasteiger partial charge on any atom is 1.00 e. The summed E-state index contributed by atoms with van der Waals surface area (Å²) in [6, 6.07) is 0. The molecule has 4 N–H and O–H groups in total. The minimum atomic E-state index is -5.04. The summed E-state index contributed by atoms with van der Waals surface area (Å²) < 4.78 is 40.1. The second-order valence-electron chi connectivity index (χ2n) is 4.28. The molecule has 0 aromatic heterocycles. The van der Waals surface area contributed by atoms with Gasteiger partial charge in [0.2, 0.25) is 0 Å². The molecule has 10 nitrogen and oxygen atoms in total. The fourth-order valence-electron chi connectivity index (χ4n) is 1.62. The number of hydrogen-bond acceptors (Lipinski definition) is 11. The molecule has 128 valence electrons. The molecule has 23 heavy (non-hydrogen) atoms. The SMILES string of the molecule is C=CC/C(=N\OS(=O)(=O)[O-])S[C@@H]1O[C@H](CO)[C@@H](O)[C@H](O)[C@H]1O.[K+]. The van der Waals surface area contributed by atoms with Crippen LogP contribution in [0.4, 0.5) is 0 Å². The van der Waals surface area contributed by atoms with E-state index in [9.17, 15) is 28.3 Å². The molecule has 0 amide bonds. The second kappa shape index (κ2) is 10.8. The number of allylic oxidation sites excluding steroid dienone is 1. The Bertz CT molecular complexity index is 512. The van der Waals surface area contributed by atoms with E-state index in [1.165, 1.54) is 6.08 Å². The zero-order valence-corrected chi connectivity index (χ0v) is 16.9. The van der Waals surface area contributed by atoms with Crippen molar-refractivity contribution in [1.82, 2.24) is 0 Å². The van der Waals surface area contributed by atoms with Crippen LogP contribution in [0.5, 0.6) is 0 Å². The monoisotopic (exact) mass is 397 g/mol. The van der Waals surface area contributed by atoms with Crippen LogP contribution in [-0.4, -0.2) is 74.9 Å². The molecule has 1 rings (SSSR count). The van der Waals surface area contributed by atoms with E-state index < -0.39 is 46.9 Å². The summed E-state index contributed by atoms with van der Waals surface area (Å²) in [6.45, 7) is 2.80. The van der Waals surface area contributed by atoms with Gasteiger partial charge < -0.3 is 29.7 Å². The molecule has 1 heterocycles. The smallest absolute Gasteiger partial charge is 0.714 e. The Balaban J connectivity index is 0.00000484. The van der Waals surface area contributed by atoms with Gasteiger partial charge in [-0.1, -0.05) is 23.0 Å². The average molecular weight is 397 g/mol.